The lowest BCUT2D eigenvalue weighted by Gasteiger charge is -2.11. The van der Waals surface area contributed by atoms with Gasteiger partial charge in [-0.15, -0.1) is 11.3 Å². The Morgan fingerprint density at radius 2 is 2.33 bits per heavy atom. The van der Waals surface area contributed by atoms with Gasteiger partial charge in [-0.25, -0.2) is 0 Å². The van der Waals surface area contributed by atoms with Crippen molar-refractivity contribution in [2.24, 2.45) is 0 Å². The van der Waals surface area contributed by atoms with Gasteiger partial charge < -0.3 is 10.4 Å². The third kappa shape index (κ3) is 4.35. The van der Waals surface area contributed by atoms with E-state index in [1.54, 1.807) is 11.3 Å². The number of nitrogens with one attached hydrogen (secondary N) is 1. The van der Waals surface area contributed by atoms with Crippen LogP contribution in [0, 0.1) is 24.0 Å². The minimum atomic E-state index is -0.647. The molecule has 2 heterocycles. The fourth-order valence-electron chi connectivity index (χ4n) is 1.93. The Hall–Kier alpha value is -1.77. The molecule has 0 fully saturated rings. The number of aryl methyl sites for hydroxylation is 2. The summed E-state index contributed by atoms with van der Waals surface area (Å²) in [5, 5.41) is 27.5. The lowest BCUT2D eigenvalue weighted by atomic mass is 10.3. The zero-order valence-corrected chi connectivity index (χ0v) is 12.8. The number of rotatable bonds is 7. The number of aliphatic hydroxyl groups is 1. The average Bonchev–Trinajstić information content (AvgIpc) is 2.98. The van der Waals surface area contributed by atoms with E-state index in [2.05, 4.69) is 30.3 Å². The first-order valence-corrected chi connectivity index (χ1v) is 7.39. The molecule has 0 aromatic carbocycles. The first-order chi connectivity index (χ1) is 9.95. The molecule has 0 aliphatic heterocycles. The van der Waals surface area contributed by atoms with Crippen molar-refractivity contribution in [3.8, 4) is 0 Å². The van der Waals surface area contributed by atoms with Crippen molar-refractivity contribution < 1.29 is 10.0 Å². The van der Waals surface area contributed by atoms with Crippen molar-refractivity contribution in [1.29, 1.82) is 0 Å². The SMILES string of the molecule is Cc1cc(CNCC(O)Cn2cc([N+](=O)[O-])cn2)sc1C. The number of aliphatic hydroxyl groups excluding tert-OH is 1. The molecule has 0 spiro atoms. The molecule has 2 N–H and O–H groups in total. The van der Waals surface area contributed by atoms with Gasteiger partial charge in [0.05, 0.1) is 17.6 Å². The lowest BCUT2D eigenvalue weighted by molar-refractivity contribution is -0.385. The first kappa shape index (κ1) is 15.6. The maximum absolute atomic E-state index is 10.5. The molecule has 2 aromatic rings. The highest BCUT2D eigenvalue weighted by atomic mass is 32.1. The third-order valence-corrected chi connectivity index (χ3v) is 4.28. The van der Waals surface area contributed by atoms with E-state index in [0.29, 0.717) is 13.1 Å². The maximum Gasteiger partial charge on any atom is 0.306 e. The highest BCUT2D eigenvalue weighted by Gasteiger charge is 2.12. The predicted octanol–water partition coefficient (Wildman–Crippen LogP) is 1.62. The summed E-state index contributed by atoms with van der Waals surface area (Å²) in [5.74, 6) is 0. The van der Waals surface area contributed by atoms with Crippen molar-refractivity contribution in [1.82, 2.24) is 15.1 Å². The smallest absolute Gasteiger partial charge is 0.306 e. The second kappa shape index (κ2) is 6.79. The van der Waals surface area contributed by atoms with Crippen molar-refractivity contribution >= 4 is 17.0 Å². The van der Waals surface area contributed by atoms with Crippen LogP contribution in [0.3, 0.4) is 0 Å². The van der Waals surface area contributed by atoms with Gasteiger partial charge in [0.25, 0.3) is 0 Å². The van der Waals surface area contributed by atoms with Gasteiger partial charge in [-0.3, -0.25) is 14.8 Å². The molecule has 0 aliphatic carbocycles. The van der Waals surface area contributed by atoms with E-state index >= 15 is 0 Å². The summed E-state index contributed by atoms with van der Waals surface area (Å²) in [6.07, 6.45) is 1.85. The van der Waals surface area contributed by atoms with Crippen LogP contribution in [0.2, 0.25) is 0 Å². The van der Waals surface area contributed by atoms with Crippen LogP contribution in [0.5, 0.6) is 0 Å². The number of hydrogen-bond acceptors (Lipinski definition) is 6. The van der Waals surface area contributed by atoms with Crippen molar-refractivity contribution in [2.75, 3.05) is 6.54 Å². The Morgan fingerprint density at radius 3 is 2.90 bits per heavy atom. The molecule has 0 saturated heterocycles. The van der Waals surface area contributed by atoms with Gasteiger partial charge in [-0.05, 0) is 25.5 Å². The molecule has 0 bridgehead atoms. The lowest BCUT2D eigenvalue weighted by Crippen LogP contribution is -2.29. The number of aromatic nitrogens is 2. The van der Waals surface area contributed by atoms with Gasteiger partial charge in [-0.1, -0.05) is 0 Å². The van der Waals surface area contributed by atoms with Gasteiger partial charge in [0, 0.05) is 22.8 Å². The summed E-state index contributed by atoms with van der Waals surface area (Å²) in [7, 11) is 0. The highest BCUT2D eigenvalue weighted by Crippen LogP contribution is 2.20. The van der Waals surface area contributed by atoms with Crippen molar-refractivity contribution in [2.45, 2.75) is 33.0 Å². The summed E-state index contributed by atoms with van der Waals surface area (Å²) < 4.78 is 1.38. The monoisotopic (exact) mass is 310 g/mol. The van der Waals surface area contributed by atoms with Crippen LogP contribution >= 0.6 is 11.3 Å². The summed E-state index contributed by atoms with van der Waals surface area (Å²) in [6, 6.07) is 2.14. The minimum absolute atomic E-state index is 0.0697. The minimum Gasteiger partial charge on any atom is -0.390 e. The predicted molar refractivity (Wildman–Crippen MR) is 80.4 cm³/mol. The van der Waals surface area contributed by atoms with Crippen LogP contribution in [0.25, 0.3) is 0 Å². The normalized spacial score (nSPS) is 12.5. The number of hydrogen-bond donors (Lipinski definition) is 2. The first-order valence-electron chi connectivity index (χ1n) is 6.57. The molecule has 1 unspecified atom stereocenters. The Bertz CT molecular complexity index is 603. The summed E-state index contributed by atoms with van der Waals surface area (Å²) in [5.41, 5.74) is 1.21. The molecule has 0 radical (unpaired) electrons. The molecule has 1 atom stereocenters. The fraction of sp³-hybridized carbons (Fsp3) is 0.462. The molecule has 0 amide bonds. The quantitative estimate of drug-likeness (QED) is 0.599. The van der Waals surface area contributed by atoms with Gasteiger partial charge >= 0.3 is 5.69 Å². The molecule has 0 aliphatic rings. The zero-order chi connectivity index (χ0) is 15.4. The Labute approximate surface area is 126 Å². The van der Waals surface area contributed by atoms with Gasteiger partial charge in [0.2, 0.25) is 0 Å². The largest absolute Gasteiger partial charge is 0.390 e. The van der Waals surface area contributed by atoms with E-state index in [0.717, 1.165) is 0 Å². The molecule has 2 rings (SSSR count). The van der Waals surface area contributed by atoms with Crippen LogP contribution in [0.4, 0.5) is 5.69 Å². The topological polar surface area (TPSA) is 93.2 Å². The van der Waals surface area contributed by atoms with Gasteiger partial charge in [0.1, 0.15) is 12.4 Å². The standard InChI is InChI=1S/C13H18N4O3S/c1-9-3-13(21-10(9)2)6-14-5-12(18)8-16-7-11(4-15-16)17(19)20/h3-4,7,12,14,18H,5-6,8H2,1-2H3. The van der Waals surface area contributed by atoms with Crippen LogP contribution in [0.15, 0.2) is 18.5 Å². The van der Waals surface area contributed by atoms with Crippen LogP contribution < -0.4 is 5.32 Å². The van der Waals surface area contributed by atoms with E-state index in [9.17, 15) is 15.2 Å². The van der Waals surface area contributed by atoms with E-state index in [1.807, 2.05) is 0 Å². The molecule has 114 valence electrons. The van der Waals surface area contributed by atoms with Crippen LogP contribution in [-0.4, -0.2) is 32.5 Å². The molecule has 21 heavy (non-hydrogen) atoms. The molecule has 8 heteroatoms. The Morgan fingerprint density at radius 1 is 1.57 bits per heavy atom. The highest BCUT2D eigenvalue weighted by molar-refractivity contribution is 7.12. The summed E-state index contributed by atoms with van der Waals surface area (Å²) in [4.78, 5) is 12.6. The fourth-order valence-corrected chi connectivity index (χ4v) is 2.95. The summed E-state index contributed by atoms with van der Waals surface area (Å²) in [6.45, 7) is 5.50. The van der Waals surface area contributed by atoms with Crippen molar-refractivity contribution in [3.05, 3.63) is 43.9 Å². The van der Waals surface area contributed by atoms with Crippen LogP contribution in [0.1, 0.15) is 15.3 Å². The second-order valence-corrected chi connectivity index (χ2v) is 6.26. The molecule has 2 aromatic heterocycles. The average molecular weight is 310 g/mol. The molecular weight excluding hydrogens is 292 g/mol. The number of thiophene rings is 1. The second-order valence-electron chi connectivity index (χ2n) is 4.91. The number of nitrogens with zero attached hydrogens (tertiary/aromatic N) is 3. The van der Waals surface area contributed by atoms with Crippen LogP contribution in [-0.2, 0) is 13.1 Å². The van der Waals surface area contributed by atoms with E-state index < -0.39 is 11.0 Å². The Balaban J connectivity index is 1.76. The molecular formula is C13H18N4O3S. The maximum atomic E-state index is 10.5. The van der Waals surface area contributed by atoms with E-state index in [-0.39, 0.29) is 12.2 Å². The third-order valence-electron chi connectivity index (χ3n) is 3.12. The zero-order valence-electron chi connectivity index (χ0n) is 11.9. The molecule has 0 saturated carbocycles. The van der Waals surface area contributed by atoms with E-state index in [4.69, 9.17) is 0 Å². The van der Waals surface area contributed by atoms with Crippen molar-refractivity contribution in [3.63, 3.8) is 0 Å². The number of nitro groups is 1. The Kier molecular flexibility index (Phi) is 5.05. The summed E-state index contributed by atoms with van der Waals surface area (Å²) >= 11 is 1.74. The van der Waals surface area contributed by atoms with Gasteiger partial charge in [0.15, 0.2) is 0 Å². The van der Waals surface area contributed by atoms with E-state index in [1.165, 1.54) is 32.4 Å². The van der Waals surface area contributed by atoms with Gasteiger partial charge in [-0.2, -0.15) is 5.10 Å². The molecule has 7 nitrogen and oxygen atoms in total.